The van der Waals surface area contributed by atoms with Crippen LogP contribution in [-0.4, -0.2) is 69.6 Å². The average Bonchev–Trinajstić information content (AvgIpc) is 2.94. The van der Waals surface area contributed by atoms with Crippen molar-refractivity contribution in [3.63, 3.8) is 0 Å². The van der Waals surface area contributed by atoms with Gasteiger partial charge >= 0.3 is 6.09 Å². The summed E-state index contributed by atoms with van der Waals surface area (Å²) < 4.78 is 16.5. The molecule has 0 unspecified atom stereocenters. The van der Waals surface area contributed by atoms with Crippen LogP contribution in [0.2, 0.25) is 10.0 Å². The van der Waals surface area contributed by atoms with Crippen molar-refractivity contribution in [3.8, 4) is 5.75 Å². The highest BCUT2D eigenvalue weighted by molar-refractivity contribution is 6.43. The minimum atomic E-state index is -0.715. The van der Waals surface area contributed by atoms with Gasteiger partial charge in [0.1, 0.15) is 5.75 Å². The lowest BCUT2D eigenvalue weighted by Gasteiger charge is -2.36. The average molecular weight is 579 g/mol. The summed E-state index contributed by atoms with van der Waals surface area (Å²) in [5.74, 6) is 0.350. The van der Waals surface area contributed by atoms with Crippen molar-refractivity contribution in [2.75, 3.05) is 62.5 Å². The number of rotatable bonds is 12. The van der Waals surface area contributed by atoms with E-state index in [1.165, 1.54) is 0 Å². The summed E-state index contributed by atoms with van der Waals surface area (Å²) in [6.07, 6.45) is 3.93. The Morgan fingerprint density at radius 3 is 2.56 bits per heavy atom. The first-order chi connectivity index (χ1) is 19.0. The molecule has 0 radical (unpaired) electrons. The fourth-order valence-electron chi connectivity index (χ4n) is 4.78. The molecule has 8 nitrogen and oxygen atoms in total. The van der Waals surface area contributed by atoms with Crippen LogP contribution < -0.4 is 14.5 Å². The zero-order valence-corrected chi connectivity index (χ0v) is 24.0. The third-order valence-electron chi connectivity index (χ3n) is 7.03. The van der Waals surface area contributed by atoms with Crippen molar-refractivity contribution in [3.05, 3.63) is 52.0 Å². The lowest BCUT2D eigenvalue weighted by Crippen LogP contribution is -2.46. The first-order valence-corrected chi connectivity index (χ1v) is 14.5. The van der Waals surface area contributed by atoms with Crippen molar-refractivity contribution >= 4 is 46.6 Å². The largest absolute Gasteiger partial charge is 0.494 e. The van der Waals surface area contributed by atoms with Crippen LogP contribution in [0.5, 0.6) is 5.75 Å². The molecule has 39 heavy (non-hydrogen) atoms. The Morgan fingerprint density at radius 2 is 1.77 bits per heavy atom. The molecule has 2 heterocycles. The number of ether oxygens (including phenoxy) is 3. The number of piperazine rings is 1. The topological polar surface area (TPSA) is 71.5 Å². The van der Waals surface area contributed by atoms with Crippen molar-refractivity contribution in [2.24, 2.45) is 0 Å². The lowest BCUT2D eigenvalue weighted by atomic mass is 10.0. The van der Waals surface area contributed by atoms with Gasteiger partial charge in [-0.05, 0) is 56.0 Å². The number of nitrogens with zero attached hydrogens (tertiary/aromatic N) is 3. The van der Waals surface area contributed by atoms with E-state index in [0.29, 0.717) is 41.1 Å². The molecule has 2 aliphatic heterocycles. The van der Waals surface area contributed by atoms with Crippen molar-refractivity contribution in [2.45, 2.75) is 45.4 Å². The molecule has 0 spiro atoms. The third-order valence-corrected chi connectivity index (χ3v) is 7.84. The van der Waals surface area contributed by atoms with Gasteiger partial charge in [0.2, 0.25) is 5.91 Å². The van der Waals surface area contributed by atoms with Gasteiger partial charge in [0.15, 0.2) is 6.79 Å². The van der Waals surface area contributed by atoms with Crippen LogP contribution in [0.25, 0.3) is 0 Å². The molecule has 2 aromatic carbocycles. The number of carbonyl (C=O) groups is 2. The van der Waals surface area contributed by atoms with Crippen LogP contribution in [0.4, 0.5) is 16.2 Å². The minimum Gasteiger partial charge on any atom is -0.494 e. The van der Waals surface area contributed by atoms with Gasteiger partial charge in [-0.1, -0.05) is 48.7 Å². The highest BCUT2D eigenvalue weighted by atomic mass is 35.5. The Kier molecular flexibility index (Phi) is 11.1. The zero-order valence-electron chi connectivity index (χ0n) is 22.5. The Morgan fingerprint density at radius 1 is 0.949 bits per heavy atom. The number of hydrogen-bond acceptors (Lipinski definition) is 7. The summed E-state index contributed by atoms with van der Waals surface area (Å²) >= 11 is 12.6. The molecule has 1 fully saturated rings. The first-order valence-electron chi connectivity index (χ1n) is 13.7. The number of aryl methyl sites for hydroxylation is 1. The molecule has 2 aromatic rings. The van der Waals surface area contributed by atoms with Crippen LogP contribution in [0, 0.1) is 0 Å². The molecular weight excluding hydrogens is 541 g/mol. The monoisotopic (exact) mass is 577 g/mol. The SMILES string of the molecule is CCCCOCOC(=O)N1C(=O)CCc2ccc(OCCCCN3CCN(c4cccc(Cl)c4Cl)CC3)cc21. The molecule has 0 saturated carbocycles. The number of fused-ring (bicyclic) bond motifs is 1. The van der Waals surface area contributed by atoms with Gasteiger partial charge in [0.05, 0.1) is 34.6 Å². The molecule has 0 aromatic heterocycles. The van der Waals surface area contributed by atoms with Crippen molar-refractivity contribution in [1.29, 1.82) is 0 Å². The molecule has 4 rings (SSSR count). The predicted octanol–water partition coefficient (Wildman–Crippen LogP) is 6.16. The minimum absolute atomic E-state index is 0.169. The number of carbonyl (C=O) groups excluding carboxylic acids is 2. The van der Waals surface area contributed by atoms with Crippen LogP contribution in [0.1, 0.15) is 44.6 Å². The molecule has 2 amide bonds. The molecule has 0 aliphatic carbocycles. The molecular formula is C29H37Cl2N3O5. The standard InChI is InChI=1S/C29H37Cl2N3O5/c1-2-3-18-37-21-39-29(36)34-26-20-23(11-9-22(26)10-12-27(34)35)38-19-5-4-13-32-14-16-33(17-15-32)25-8-6-7-24(30)28(25)31/h6-9,11,20H,2-5,10,12-19,21H2,1H3. The summed E-state index contributed by atoms with van der Waals surface area (Å²) in [6, 6.07) is 11.3. The Balaban J connectivity index is 1.20. The van der Waals surface area contributed by atoms with E-state index >= 15 is 0 Å². The van der Waals surface area contributed by atoms with E-state index in [0.717, 1.165) is 74.6 Å². The third kappa shape index (κ3) is 8.01. The number of halogens is 2. The summed E-state index contributed by atoms with van der Waals surface area (Å²) in [5.41, 5.74) is 2.44. The smallest absolute Gasteiger partial charge is 0.423 e. The van der Waals surface area contributed by atoms with E-state index in [1.807, 2.05) is 30.3 Å². The lowest BCUT2D eigenvalue weighted by molar-refractivity contribution is -0.118. The summed E-state index contributed by atoms with van der Waals surface area (Å²) in [6.45, 7) is 7.72. The molecule has 0 N–H and O–H groups in total. The van der Waals surface area contributed by atoms with Gasteiger partial charge in [-0.2, -0.15) is 0 Å². The van der Waals surface area contributed by atoms with Crippen LogP contribution >= 0.6 is 23.2 Å². The summed E-state index contributed by atoms with van der Waals surface area (Å²) in [5, 5.41) is 1.20. The number of unbranched alkanes of at least 4 members (excludes halogenated alkanes) is 2. The van der Waals surface area contributed by atoms with E-state index in [-0.39, 0.29) is 19.1 Å². The zero-order chi connectivity index (χ0) is 27.6. The summed E-state index contributed by atoms with van der Waals surface area (Å²) in [4.78, 5) is 31.0. The van der Waals surface area contributed by atoms with Gasteiger partial charge in [0, 0.05) is 38.7 Å². The van der Waals surface area contributed by atoms with Gasteiger partial charge in [-0.25, -0.2) is 9.69 Å². The maximum atomic E-state index is 12.6. The number of anilines is 2. The maximum Gasteiger partial charge on any atom is 0.423 e. The van der Waals surface area contributed by atoms with Crippen molar-refractivity contribution in [1.82, 2.24) is 4.90 Å². The number of hydrogen-bond donors (Lipinski definition) is 0. The Labute approximate surface area is 240 Å². The highest BCUT2D eigenvalue weighted by Crippen LogP contribution is 2.34. The predicted molar refractivity (Wildman–Crippen MR) is 154 cm³/mol. The number of amides is 2. The van der Waals surface area contributed by atoms with E-state index in [4.69, 9.17) is 37.4 Å². The first kappa shape index (κ1) is 29.5. The van der Waals surface area contributed by atoms with Crippen LogP contribution in [-0.2, 0) is 20.7 Å². The maximum absolute atomic E-state index is 12.6. The second-order valence-corrected chi connectivity index (χ2v) is 10.6. The van der Waals surface area contributed by atoms with Crippen LogP contribution in [0.15, 0.2) is 36.4 Å². The molecule has 212 valence electrons. The second-order valence-electron chi connectivity index (χ2n) is 9.77. The quantitative estimate of drug-likeness (QED) is 0.221. The Hall–Kier alpha value is -2.52. The van der Waals surface area contributed by atoms with Gasteiger partial charge < -0.3 is 19.1 Å². The summed E-state index contributed by atoms with van der Waals surface area (Å²) in [7, 11) is 0. The van der Waals surface area contributed by atoms with Gasteiger partial charge in [-0.3, -0.25) is 9.69 Å². The van der Waals surface area contributed by atoms with Crippen LogP contribution in [0.3, 0.4) is 0 Å². The normalized spacial score (nSPS) is 15.8. The number of benzene rings is 2. The van der Waals surface area contributed by atoms with Crippen molar-refractivity contribution < 1.29 is 23.8 Å². The molecule has 10 heteroatoms. The van der Waals surface area contributed by atoms with E-state index in [9.17, 15) is 9.59 Å². The molecule has 1 saturated heterocycles. The van der Waals surface area contributed by atoms with E-state index < -0.39 is 6.09 Å². The fourth-order valence-corrected chi connectivity index (χ4v) is 5.19. The second kappa shape index (κ2) is 14.7. The molecule has 0 atom stereocenters. The Bertz CT molecular complexity index is 1120. The fraction of sp³-hybridized carbons (Fsp3) is 0.517. The number of imide groups is 1. The highest BCUT2D eigenvalue weighted by Gasteiger charge is 2.31. The molecule has 0 bridgehead atoms. The van der Waals surface area contributed by atoms with E-state index in [2.05, 4.69) is 16.7 Å². The van der Waals surface area contributed by atoms with Gasteiger partial charge in [-0.15, -0.1) is 0 Å². The van der Waals surface area contributed by atoms with E-state index in [1.54, 1.807) is 6.07 Å². The van der Waals surface area contributed by atoms with Gasteiger partial charge in [0.25, 0.3) is 0 Å². The molecule has 2 aliphatic rings.